The Balaban J connectivity index is 1.67. The Labute approximate surface area is 237 Å². The molecule has 1 amide bonds. The van der Waals surface area contributed by atoms with Gasteiger partial charge < -0.3 is 9.47 Å². The van der Waals surface area contributed by atoms with E-state index >= 15 is 0 Å². The van der Waals surface area contributed by atoms with Crippen LogP contribution < -0.4 is 0 Å². The maximum absolute atomic E-state index is 14.0. The van der Waals surface area contributed by atoms with Crippen LogP contribution in [0.4, 0.5) is 4.79 Å². The maximum Gasteiger partial charge on any atom is 0.411 e. The highest BCUT2D eigenvalue weighted by Gasteiger charge is 2.37. The van der Waals surface area contributed by atoms with Crippen LogP contribution in [0.5, 0.6) is 0 Å². The van der Waals surface area contributed by atoms with E-state index in [2.05, 4.69) is 74.2 Å². The minimum absolute atomic E-state index is 0.106. The number of rotatable bonds is 17. The molecule has 2 aromatic rings. The summed E-state index contributed by atoms with van der Waals surface area (Å²) in [6.45, 7) is 8.03. The average molecular weight is 534 g/mol. The SMILES string of the molecule is CCCCCC[C@@H]1C=C[C@H](CC)[C@H](CCCCOCc2ccccc2)N1C(=O)O[C@@H](CCC)c1ccccc1. The van der Waals surface area contributed by atoms with E-state index in [0.717, 1.165) is 63.5 Å². The first kappa shape index (κ1) is 30.9. The zero-order valence-electron chi connectivity index (χ0n) is 24.6. The molecule has 3 rings (SSSR count). The molecule has 0 bridgehead atoms. The van der Waals surface area contributed by atoms with Gasteiger partial charge in [-0.15, -0.1) is 0 Å². The third-order valence-electron chi connectivity index (χ3n) is 7.94. The minimum atomic E-state index is -0.206. The predicted molar refractivity (Wildman–Crippen MR) is 162 cm³/mol. The first-order valence-electron chi connectivity index (χ1n) is 15.5. The fraction of sp³-hybridized carbons (Fsp3) is 0.571. The molecule has 2 aromatic carbocycles. The van der Waals surface area contributed by atoms with Gasteiger partial charge in [-0.25, -0.2) is 4.79 Å². The van der Waals surface area contributed by atoms with E-state index in [1.54, 1.807) is 0 Å². The van der Waals surface area contributed by atoms with Crippen molar-refractivity contribution in [1.29, 1.82) is 0 Å². The smallest absolute Gasteiger partial charge is 0.411 e. The summed E-state index contributed by atoms with van der Waals surface area (Å²) >= 11 is 0. The molecule has 0 N–H and O–H groups in total. The van der Waals surface area contributed by atoms with Gasteiger partial charge in [0, 0.05) is 12.6 Å². The Morgan fingerprint density at radius 3 is 2.23 bits per heavy atom. The van der Waals surface area contributed by atoms with Crippen LogP contribution in [0.3, 0.4) is 0 Å². The molecule has 0 saturated heterocycles. The summed E-state index contributed by atoms with van der Waals surface area (Å²) in [5.41, 5.74) is 2.29. The second kappa shape index (κ2) is 17.9. The summed E-state index contributed by atoms with van der Waals surface area (Å²) in [7, 11) is 0. The van der Waals surface area contributed by atoms with Crippen LogP contribution >= 0.6 is 0 Å². The summed E-state index contributed by atoms with van der Waals surface area (Å²) in [6, 6.07) is 20.8. The van der Waals surface area contributed by atoms with Crippen molar-refractivity contribution in [3.8, 4) is 0 Å². The highest BCUT2D eigenvalue weighted by atomic mass is 16.6. The number of carbonyl (C=O) groups is 1. The second-order valence-corrected chi connectivity index (χ2v) is 11.0. The third-order valence-corrected chi connectivity index (χ3v) is 7.94. The zero-order chi connectivity index (χ0) is 27.7. The molecule has 1 aliphatic heterocycles. The van der Waals surface area contributed by atoms with Gasteiger partial charge in [-0.2, -0.15) is 0 Å². The predicted octanol–water partition coefficient (Wildman–Crippen LogP) is 9.66. The number of benzene rings is 2. The molecular weight excluding hydrogens is 482 g/mol. The first-order valence-corrected chi connectivity index (χ1v) is 15.5. The molecule has 0 aliphatic carbocycles. The van der Waals surface area contributed by atoms with Gasteiger partial charge in [-0.3, -0.25) is 4.90 Å². The van der Waals surface area contributed by atoms with Gasteiger partial charge >= 0.3 is 6.09 Å². The summed E-state index contributed by atoms with van der Waals surface area (Å²) in [4.78, 5) is 16.1. The highest BCUT2D eigenvalue weighted by Crippen LogP contribution is 2.33. The number of unbranched alkanes of at least 4 members (excludes halogenated alkanes) is 4. The van der Waals surface area contributed by atoms with Crippen molar-refractivity contribution in [3.05, 3.63) is 83.9 Å². The third kappa shape index (κ3) is 10.1. The van der Waals surface area contributed by atoms with E-state index < -0.39 is 0 Å². The van der Waals surface area contributed by atoms with Gasteiger partial charge in [0.2, 0.25) is 0 Å². The van der Waals surface area contributed by atoms with E-state index in [9.17, 15) is 4.79 Å². The van der Waals surface area contributed by atoms with Crippen molar-refractivity contribution in [2.75, 3.05) is 6.61 Å². The number of hydrogen-bond acceptors (Lipinski definition) is 3. The lowest BCUT2D eigenvalue weighted by molar-refractivity contribution is 0.0225. The Morgan fingerprint density at radius 2 is 1.54 bits per heavy atom. The first-order chi connectivity index (χ1) is 19.2. The molecule has 0 spiro atoms. The lowest BCUT2D eigenvalue weighted by Gasteiger charge is -2.43. The van der Waals surface area contributed by atoms with E-state index in [0.29, 0.717) is 12.5 Å². The molecule has 0 radical (unpaired) electrons. The van der Waals surface area contributed by atoms with Crippen LogP contribution in [-0.4, -0.2) is 29.7 Å². The van der Waals surface area contributed by atoms with Gasteiger partial charge in [-0.05, 0) is 55.6 Å². The molecule has 4 nitrogen and oxygen atoms in total. The van der Waals surface area contributed by atoms with Crippen molar-refractivity contribution in [2.45, 2.75) is 116 Å². The van der Waals surface area contributed by atoms with Crippen molar-refractivity contribution < 1.29 is 14.3 Å². The van der Waals surface area contributed by atoms with Crippen LogP contribution in [-0.2, 0) is 16.1 Å². The molecule has 4 atom stereocenters. The van der Waals surface area contributed by atoms with Crippen molar-refractivity contribution in [1.82, 2.24) is 4.90 Å². The van der Waals surface area contributed by atoms with Crippen molar-refractivity contribution in [3.63, 3.8) is 0 Å². The number of carbonyl (C=O) groups excluding carboxylic acids is 1. The van der Waals surface area contributed by atoms with E-state index in [1.807, 2.05) is 24.3 Å². The van der Waals surface area contributed by atoms with E-state index in [-0.39, 0.29) is 24.3 Å². The molecule has 0 unspecified atom stereocenters. The van der Waals surface area contributed by atoms with E-state index in [4.69, 9.17) is 9.47 Å². The Hall–Kier alpha value is -2.59. The molecular formula is C35H51NO3. The maximum atomic E-state index is 14.0. The fourth-order valence-electron chi connectivity index (χ4n) is 5.72. The summed E-state index contributed by atoms with van der Waals surface area (Å²) < 4.78 is 12.3. The van der Waals surface area contributed by atoms with Crippen LogP contribution in [0.25, 0.3) is 0 Å². The van der Waals surface area contributed by atoms with Crippen LogP contribution in [0.1, 0.15) is 109 Å². The Bertz CT molecular complexity index is 945. The van der Waals surface area contributed by atoms with Gasteiger partial charge in [0.25, 0.3) is 0 Å². The highest BCUT2D eigenvalue weighted by molar-refractivity contribution is 5.69. The number of nitrogens with zero attached hydrogens (tertiary/aromatic N) is 1. The summed E-state index contributed by atoms with van der Waals surface area (Å²) in [5.74, 6) is 0.357. The number of hydrogen-bond donors (Lipinski definition) is 0. The lowest BCUT2D eigenvalue weighted by atomic mass is 9.85. The lowest BCUT2D eigenvalue weighted by Crippen LogP contribution is -2.52. The Kier molecular flexibility index (Phi) is 14.2. The molecule has 0 saturated carbocycles. The fourth-order valence-corrected chi connectivity index (χ4v) is 5.72. The monoisotopic (exact) mass is 533 g/mol. The molecule has 39 heavy (non-hydrogen) atoms. The van der Waals surface area contributed by atoms with Crippen LogP contribution in [0, 0.1) is 5.92 Å². The normalized spacial score (nSPS) is 19.7. The zero-order valence-corrected chi connectivity index (χ0v) is 24.6. The van der Waals surface area contributed by atoms with Crippen molar-refractivity contribution >= 4 is 6.09 Å². The largest absolute Gasteiger partial charge is 0.441 e. The minimum Gasteiger partial charge on any atom is -0.441 e. The molecule has 4 heteroatoms. The number of amides is 1. The van der Waals surface area contributed by atoms with Gasteiger partial charge in [0.15, 0.2) is 0 Å². The average Bonchev–Trinajstić information content (AvgIpc) is 2.97. The molecule has 0 fully saturated rings. The van der Waals surface area contributed by atoms with Crippen LogP contribution in [0.2, 0.25) is 0 Å². The Morgan fingerprint density at radius 1 is 0.821 bits per heavy atom. The number of ether oxygens (including phenoxy) is 2. The van der Waals surface area contributed by atoms with Gasteiger partial charge in [-0.1, -0.05) is 126 Å². The molecule has 1 heterocycles. The van der Waals surface area contributed by atoms with Gasteiger partial charge in [0.1, 0.15) is 6.10 Å². The molecule has 214 valence electrons. The summed E-state index contributed by atoms with van der Waals surface area (Å²) in [6.07, 6.45) is 16.0. The standard InChI is InChI=1S/C35H51NO3/c1-4-7-8-15-23-32-26-25-30(6-3)33(24-16-17-27-38-28-29-19-11-9-12-20-29)36(32)35(37)39-34(18-5-2)31-21-13-10-14-22-31/h9-14,19-22,25-26,30,32-34H,4-8,15-18,23-24,27-28H2,1-3H3/t30-,32+,33-,34-/m0/s1. The topological polar surface area (TPSA) is 38.8 Å². The van der Waals surface area contributed by atoms with Gasteiger partial charge in [0.05, 0.1) is 12.6 Å². The molecule has 0 aromatic heterocycles. The van der Waals surface area contributed by atoms with E-state index in [1.165, 1.54) is 24.8 Å². The quantitative estimate of drug-likeness (QED) is 0.150. The van der Waals surface area contributed by atoms with Crippen LogP contribution in [0.15, 0.2) is 72.8 Å². The second-order valence-electron chi connectivity index (χ2n) is 11.0. The van der Waals surface area contributed by atoms with Crippen molar-refractivity contribution in [2.24, 2.45) is 5.92 Å². The molecule has 1 aliphatic rings. The summed E-state index contributed by atoms with van der Waals surface area (Å²) in [5, 5.41) is 0.